The fourth-order valence-electron chi connectivity index (χ4n) is 2.12. The van der Waals surface area contributed by atoms with Gasteiger partial charge in [0.1, 0.15) is 5.75 Å². The zero-order valence-corrected chi connectivity index (χ0v) is 16.4. The van der Waals surface area contributed by atoms with Crippen LogP contribution in [0.1, 0.15) is 18.2 Å². The summed E-state index contributed by atoms with van der Waals surface area (Å²) in [5.41, 5.74) is 1.60. The fourth-order valence-corrected chi connectivity index (χ4v) is 3.66. The molecule has 0 aliphatic rings. The van der Waals surface area contributed by atoms with Gasteiger partial charge in [-0.15, -0.1) is 11.3 Å². The Hall–Kier alpha value is -1.73. The van der Waals surface area contributed by atoms with Crippen molar-refractivity contribution in [3.63, 3.8) is 0 Å². The van der Waals surface area contributed by atoms with E-state index in [4.69, 9.17) is 9.47 Å². The number of hydrogen-bond donors (Lipinski definition) is 1. The van der Waals surface area contributed by atoms with Crippen LogP contribution in [0.25, 0.3) is 0 Å². The summed E-state index contributed by atoms with van der Waals surface area (Å²) in [6.45, 7) is 3.14. The summed E-state index contributed by atoms with van der Waals surface area (Å²) in [6.07, 6.45) is 0.312. The number of nitrogens with one attached hydrogen (secondary N) is 1. The lowest BCUT2D eigenvalue weighted by atomic mass is 10.2. The molecule has 2 rings (SSSR count). The second-order valence-electron chi connectivity index (χ2n) is 5.21. The summed E-state index contributed by atoms with van der Waals surface area (Å²) < 4.78 is 11.5. The van der Waals surface area contributed by atoms with E-state index in [9.17, 15) is 4.79 Å². The Morgan fingerprint density at radius 3 is 2.75 bits per heavy atom. The maximum atomic E-state index is 11.7. The molecular weight excluding hydrogens is 392 g/mol. The van der Waals surface area contributed by atoms with Gasteiger partial charge < -0.3 is 14.4 Å². The van der Waals surface area contributed by atoms with Crippen molar-refractivity contribution < 1.29 is 14.3 Å². The lowest BCUT2D eigenvalue weighted by Gasteiger charge is -2.20. The van der Waals surface area contributed by atoms with Gasteiger partial charge in [0.2, 0.25) is 0 Å². The van der Waals surface area contributed by atoms with Crippen LogP contribution in [0.5, 0.6) is 5.75 Å². The Morgan fingerprint density at radius 2 is 2.12 bits per heavy atom. The van der Waals surface area contributed by atoms with Crippen LogP contribution < -0.4 is 15.0 Å². The molecule has 1 N–H and O–H groups in total. The van der Waals surface area contributed by atoms with Gasteiger partial charge in [-0.25, -0.2) is 4.79 Å². The number of methoxy groups -OCH3 is 1. The van der Waals surface area contributed by atoms with E-state index in [0.717, 1.165) is 22.4 Å². The number of halogens is 1. The largest absolute Gasteiger partial charge is 0.494 e. The topological polar surface area (TPSA) is 50.8 Å². The number of rotatable bonds is 7. The molecule has 24 heavy (non-hydrogen) atoms. The van der Waals surface area contributed by atoms with E-state index in [1.54, 1.807) is 18.4 Å². The molecule has 0 bridgehead atoms. The van der Waals surface area contributed by atoms with E-state index >= 15 is 0 Å². The molecular formula is C17H21BrN2O3S. The number of hydrogen-bond acceptors (Lipinski definition) is 5. The number of nitrogens with zero attached hydrogens (tertiary/aromatic N) is 1. The summed E-state index contributed by atoms with van der Waals surface area (Å²) in [6, 6.07) is 9.81. The van der Waals surface area contributed by atoms with Crippen molar-refractivity contribution in [2.75, 3.05) is 31.0 Å². The number of anilines is 2. The molecule has 1 heterocycles. The molecule has 7 heteroatoms. The van der Waals surface area contributed by atoms with Gasteiger partial charge in [0.15, 0.2) is 0 Å². The van der Waals surface area contributed by atoms with Crippen LogP contribution in [0.2, 0.25) is 0 Å². The lowest BCUT2D eigenvalue weighted by Crippen LogP contribution is -2.17. The minimum atomic E-state index is -0.473. The second-order valence-corrected chi connectivity index (χ2v) is 7.75. The van der Waals surface area contributed by atoms with Crippen LogP contribution >= 0.6 is 27.3 Å². The number of benzene rings is 1. The van der Waals surface area contributed by atoms with Crippen LogP contribution in [0.15, 0.2) is 34.1 Å². The van der Waals surface area contributed by atoms with Gasteiger partial charge in [0.25, 0.3) is 0 Å². The SMILES string of the molecule is CCCOC(=O)Nc1ccc(N(C)Cc2ccc(Br)s2)cc1OC. The summed E-state index contributed by atoms with van der Waals surface area (Å²) in [7, 11) is 3.60. The Balaban J connectivity index is 2.08. The molecule has 0 radical (unpaired) electrons. The van der Waals surface area contributed by atoms with Gasteiger partial charge in [0, 0.05) is 23.7 Å². The number of ether oxygens (including phenoxy) is 2. The average molecular weight is 413 g/mol. The second kappa shape index (κ2) is 8.94. The van der Waals surface area contributed by atoms with Crippen LogP contribution in [0.3, 0.4) is 0 Å². The molecule has 2 aromatic rings. The molecule has 0 fully saturated rings. The van der Waals surface area contributed by atoms with Crippen LogP contribution in [-0.4, -0.2) is 26.9 Å². The normalized spacial score (nSPS) is 10.3. The highest BCUT2D eigenvalue weighted by atomic mass is 79.9. The molecule has 130 valence electrons. The zero-order chi connectivity index (χ0) is 17.5. The molecule has 0 spiro atoms. The van der Waals surface area contributed by atoms with Crippen molar-refractivity contribution in [2.24, 2.45) is 0 Å². The first kappa shape index (κ1) is 18.6. The van der Waals surface area contributed by atoms with Gasteiger partial charge in [-0.05, 0) is 46.6 Å². The minimum absolute atomic E-state index is 0.394. The molecule has 0 aliphatic carbocycles. The highest BCUT2D eigenvalue weighted by Crippen LogP contribution is 2.31. The molecule has 0 aliphatic heterocycles. The van der Waals surface area contributed by atoms with Crippen molar-refractivity contribution in [1.29, 1.82) is 0 Å². The summed E-state index contributed by atoms with van der Waals surface area (Å²) in [5.74, 6) is 0.597. The summed E-state index contributed by atoms with van der Waals surface area (Å²) >= 11 is 5.19. The quantitative estimate of drug-likeness (QED) is 0.685. The van der Waals surface area contributed by atoms with Crippen LogP contribution in [0.4, 0.5) is 16.2 Å². The number of carbonyl (C=O) groups excluding carboxylic acids is 1. The van der Waals surface area contributed by atoms with E-state index in [1.165, 1.54) is 4.88 Å². The van der Waals surface area contributed by atoms with E-state index < -0.39 is 6.09 Å². The van der Waals surface area contributed by atoms with Gasteiger partial charge in [0.05, 0.1) is 29.7 Å². The minimum Gasteiger partial charge on any atom is -0.494 e. The molecule has 0 saturated carbocycles. The lowest BCUT2D eigenvalue weighted by molar-refractivity contribution is 0.161. The summed E-state index contributed by atoms with van der Waals surface area (Å²) in [4.78, 5) is 15.1. The van der Waals surface area contributed by atoms with Gasteiger partial charge in [-0.2, -0.15) is 0 Å². The van der Waals surface area contributed by atoms with Crippen molar-refractivity contribution in [2.45, 2.75) is 19.9 Å². The Morgan fingerprint density at radius 1 is 1.33 bits per heavy atom. The van der Waals surface area contributed by atoms with Crippen LogP contribution in [-0.2, 0) is 11.3 Å². The highest BCUT2D eigenvalue weighted by molar-refractivity contribution is 9.11. The third kappa shape index (κ3) is 5.14. The third-order valence-electron chi connectivity index (χ3n) is 3.32. The smallest absolute Gasteiger partial charge is 0.411 e. The molecule has 1 aromatic heterocycles. The fraction of sp³-hybridized carbons (Fsp3) is 0.353. The van der Waals surface area contributed by atoms with Gasteiger partial charge in [-0.1, -0.05) is 6.92 Å². The van der Waals surface area contributed by atoms with Gasteiger partial charge in [-0.3, -0.25) is 5.32 Å². The van der Waals surface area contributed by atoms with Crippen molar-refractivity contribution in [3.05, 3.63) is 39.0 Å². The number of carbonyl (C=O) groups is 1. The highest BCUT2D eigenvalue weighted by Gasteiger charge is 2.11. The zero-order valence-electron chi connectivity index (χ0n) is 14.0. The van der Waals surface area contributed by atoms with E-state index in [2.05, 4.69) is 32.2 Å². The average Bonchev–Trinajstić information content (AvgIpc) is 2.98. The first-order valence-corrected chi connectivity index (χ1v) is 9.21. The molecule has 0 unspecified atom stereocenters. The molecule has 1 aromatic carbocycles. The standard InChI is InChI=1S/C17H21BrN2O3S/c1-4-9-23-17(21)19-14-7-5-12(10-15(14)22-3)20(2)11-13-6-8-16(18)24-13/h5-8,10H,4,9,11H2,1-3H3,(H,19,21). The number of amides is 1. The van der Waals surface area contributed by atoms with E-state index in [0.29, 0.717) is 18.0 Å². The van der Waals surface area contributed by atoms with Crippen molar-refractivity contribution in [1.82, 2.24) is 0 Å². The predicted octanol–water partition coefficient (Wildman–Crippen LogP) is 5.11. The monoisotopic (exact) mass is 412 g/mol. The third-order valence-corrected chi connectivity index (χ3v) is 4.93. The first-order valence-electron chi connectivity index (χ1n) is 7.60. The van der Waals surface area contributed by atoms with Crippen molar-refractivity contribution >= 4 is 44.7 Å². The van der Waals surface area contributed by atoms with Gasteiger partial charge >= 0.3 is 6.09 Å². The molecule has 0 saturated heterocycles. The summed E-state index contributed by atoms with van der Waals surface area (Å²) in [5, 5.41) is 2.71. The predicted molar refractivity (Wildman–Crippen MR) is 102 cm³/mol. The molecule has 0 atom stereocenters. The Kier molecular flexibility index (Phi) is 6.93. The molecule has 5 nitrogen and oxygen atoms in total. The maximum Gasteiger partial charge on any atom is 0.411 e. The first-order chi connectivity index (χ1) is 11.5. The van der Waals surface area contributed by atoms with E-state index in [-0.39, 0.29) is 0 Å². The van der Waals surface area contributed by atoms with E-state index in [1.807, 2.05) is 38.2 Å². The Labute approximate surface area is 154 Å². The Bertz CT molecular complexity index is 690. The number of thiophene rings is 1. The maximum absolute atomic E-state index is 11.7. The van der Waals surface area contributed by atoms with Crippen molar-refractivity contribution in [3.8, 4) is 5.75 Å². The van der Waals surface area contributed by atoms with Crippen LogP contribution in [0, 0.1) is 0 Å². The molecule has 1 amide bonds.